The molecule has 0 bridgehead atoms. The molecular weight excluding hydrogens is 302 g/mol. The minimum atomic E-state index is -0.743. The Hall–Kier alpha value is -1.84. The zero-order valence-electron chi connectivity index (χ0n) is 14.6. The predicted molar refractivity (Wildman–Crippen MR) is 92.7 cm³/mol. The van der Waals surface area contributed by atoms with Gasteiger partial charge in [0.1, 0.15) is 0 Å². The first-order valence-electron chi connectivity index (χ1n) is 9.06. The Morgan fingerprint density at radius 1 is 1.21 bits per heavy atom. The molecule has 1 aromatic rings. The Kier molecular flexibility index (Phi) is 4.93. The van der Waals surface area contributed by atoms with E-state index in [1.807, 2.05) is 0 Å². The maximum absolute atomic E-state index is 12.7. The zero-order chi connectivity index (χ0) is 17.3. The van der Waals surface area contributed by atoms with Gasteiger partial charge in [0.2, 0.25) is 5.91 Å². The summed E-state index contributed by atoms with van der Waals surface area (Å²) in [5.74, 6) is -0.124. The van der Waals surface area contributed by atoms with Crippen molar-refractivity contribution in [1.29, 1.82) is 0 Å². The van der Waals surface area contributed by atoms with Crippen LogP contribution in [0, 0.1) is 24.7 Å². The van der Waals surface area contributed by atoms with Crippen LogP contribution in [0.1, 0.15) is 49.7 Å². The molecule has 2 aliphatic rings. The topological polar surface area (TPSA) is 57.6 Å². The summed E-state index contributed by atoms with van der Waals surface area (Å²) in [4.78, 5) is 26.1. The Morgan fingerprint density at radius 2 is 1.88 bits per heavy atom. The summed E-state index contributed by atoms with van der Waals surface area (Å²) in [7, 11) is 0. The number of amides is 1. The minimum Gasteiger partial charge on any atom is -0.481 e. The standard InChI is InChI=1S/C20H27NO3/c1-3-14(15-6-4-13(2)5-7-15)10-19(22)21-11-17(16-8-9-16)18(12-21)20(23)24/h4-7,14,16-18H,3,8-12H2,1-2H3,(H,23,24)/t14?,17-,18+/m1/s1. The van der Waals surface area contributed by atoms with Crippen LogP contribution in [0.5, 0.6) is 0 Å². The monoisotopic (exact) mass is 329 g/mol. The van der Waals surface area contributed by atoms with Crippen molar-refractivity contribution in [3.63, 3.8) is 0 Å². The molecule has 1 saturated carbocycles. The Balaban J connectivity index is 1.65. The summed E-state index contributed by atoms with van der Waals surface area (Å²) in [5, 5.41) is 9.45. The highest BCUT2D eigenvalue weighted by molar-refractivity contribution is 5.79. The quantitative estimate of drug-likeness (QED) is 0.869. The van der Waals surface area contributed by atoms with Crippen LogP contribution >= 0.6 is 0 Å². The molecule has 1 N–H and O–H groups in total. The van der Waals surface area contributed by atoms with E-state index in [0.29, 0.717) is 25.4 Å². The second-order valence-electron chi connectivity index (χ2n) is 7.46. The van der Waals surface area contributed by atoms with Gasteiger partial charge >= 0.3 is 5.97 Å². The first-order chi connectivity index (χ1) is 11.5. The summed E-state index contributed by atoms with van der Waals surface area (Å²) < 4.78 is 0. The molecule has 1 aliphatic carbocycles. The highest BCUT2D eigenvalue weighted by Crippen LogP contribution is 2.44. The highest BCUT2D eigenvalue weighted by Gasteiger charge is 2.46. The lowest BCUT2D eigenvalue weighted by Crippen LogP contribution is -2.31. The molecule has 3 atom stereocenters. The first-order valence-corrected chi connectivity index (χ1v) is 9.06. The van der Waals surface area contributed by atoms with Crippen LogP contribution in [0.2, 0.25) is 0 Å². The number of benzene rings is 1. The lowest BCUT2D eigenvalue weighted by molar-refractivity contribution is -0.142. The van der Waals surface area contributed by atoms with Gasteiger partial charge in [-0.25, -0.2) is 0 Å². The molecule has 4 heteroatoms. The van der Waals surface area contributed by atoms with Gasteiger partial charge < -0.3 is 10.0 Å². The van der Waals surface area contributed by atoms with Crippen molar-refractivity contribution in [3.05, 3.63) is 35.4 Å². The molecule has 0 aromatic heterocycles. The van der Waals surface area contributed by atoms with Gasteiger partial charge in [0, 0.05) is 19.5 Å². The third kappa shape index (κ3) is 3.63. The van der Waals surface area contributed by atoms with Gasteiger partial charge in [-0.05, 0) is 49.5 Å². The van der Waals surface area contributed by atoms with Crippen molar-refractivity contribution in [3.8, 4) is 0 Å². The Labute approximate surface area is 143 Å². The number of carboxylic acids is 1. The Bertz CT molecular complexity index is 606. The highest BCUT2D eigenvalue weighted by atomic mass is 16.4. The van der Waals surface area contributed by atoms with Gasteiger partial charge in [0.05, 0.1) is 5.92 Å². The number of aliphatic carboxylic acids is 1. The van der Waals surface area contributed by atoms with Crippen LogP contribution in [-0.4, -0.2) is 35.0 Å². The number of hydrogen-bond donors (Lipinski definition) is 1. The van der Waals surface area contributed by atoms with E-state index in [2.05, 4.69) is 38.1 Å². The van der Waals surface area contributed by atoms with Gasteiger partial charge in [0.25, 0.3) is 0 Å². The van der Waals surface area contributed by atoms with Crippen molar-refractivity contribution in [1.82, 2.24) is 4.90 Å². The van der Waals surface area contributed by atoms with Crippen molar-refractivity contribution < 1.29 is 14.7 Å². The van der Waals surface area contributed by atoms with E-state index in [0.717, 1.165) is 19.3 Å². The fourth-order valence-corrected chi connectivity index (χ4v) is 3.97. The van der Waals surface area contributed by atoms with Crippen LogP contribution in [0.15, 0.2) is 24.3 Å². The maximum atomic E-state index is 12.7. The molecule has 1 saturated heterocycles. The summed E-state index contributed by atoms with van der Waals surface area (Å²) in [6.07, 6.45) is 3.63. The second kappa shape index (κ2) is 6.96. The lowest BCUT2D eigenvalue weighted by atomic mass is 9.92. The predicted octanol–water partition coefficient (Wildman–Crippen LogP) is 3.45. The van der Waals surface area contributed by atoms with Crippen LogP contribution in [-0.2, 0) is 9.59 Å². The fraction of sp³-hybridized carbons (Fsp3) is 0.600. The van der Waals surface area contributed by atoms with E-state index in [1.54, 1.807) is 4.90 Å². The van der Waals surface area contributed by atoms with Crippen molar-refractivity contribution in [2.75, 3.05) is 13.1 Å². The van der Waals surface area contributed by atoms with E-state index in [1.165, 1.54) is 11.1 Å². The number of likely N-dealkylation sites (tertiary alicyclic amines) is 1. The fourth-order valence-electron chi connectivity index (χ4n) is 3.97. The molecule has 1 aliphatic heterocycles. The summed E-state index contributed by atoms with van der Waals surface area (Å²) in [5.41, 5.74) is 2.42. The molecule has 1 unspecified atom stereocenters. The molecular formula is C20H27NO3. The molecule has 1 aromatic carbocycles. The van der Waals surface area contributed by atoms with Crippen LogP contribution in [0.25, 0.3) is 0 Å². The smallest absolute Gasteiger partial charge is 0.308 e. The van der Waals surface area contributed by atoms with Gasteiger partial charge in [-0.15, -0.1) is 0 Å². The van der Waals surface area contributed by atoms with Crippen molar-refractivity contribution in [2.45, 2.75) is 45.4 Å². The van der Waals surface area contributed by atoms with E-state index in [-0.39, 0.29) is 23.7 Å². The lowest BCUT2D eigenvalue weighted by Gasteiger charge is -2.21. The SMILES string of the molecule is CCC(CC(=O)N1C[C@H](C(=O)O)[C@@H](C2CC2)C1)c1ccc(C)cc1. The number of carbonyl (C=O) groups excluding carboxylic acids is 1. The van der Waals surface area contributed by atoms with Crippen LogP contribution in [0.3, 0.4) is 0 Å². The van der Waals surface area contributed by atoms with Gasteiger partial charge in [-0.1, -0.05) is 36.8 Å². The molecule has 1 heterocycles. The molecule has 130 valence electrons. The molecule has 0 radical (unpaired) electrons. The number of carboxylic acid groups (broad SMARTS) is 1. The third-order valence-corrected chi connectivity index (χ3v) is 5.73. The summed E-state index contributed by atoms with van der Waals surface area (Å²) >= 11 is 0. The second-order valence-corrected chi connectivity index (χ2v) is 7.46. The van der Waals surface area contributed by atoms with Crippen LogP contribution in [0.4, 0.5) is 0 Å². The average Bonchev–Trinajstić information content (AvgIpc) is 3.31. The number of hydrogen-bond acceptors (Lipinski definition) is 2. The maximum Gasteiger partial charge on any atom is 0.308 e. The number of nitrogens with zero attached hydrogens (tertiary/aromatic N) is 1. The number of carbonyl (C=O) groups is 2. The summed E-state index contributed by atoms with van der Waals surface area (Å²) in [6.45, 7) is 5.18. The van der Waals surface area contributed by atoms with Gasteiger partial charge in [0.15, 0.2) is 0 Å². The van der Waals surface area contributed by atoms with E-state index in [9.17, 15) is 14.7 Å². The van der Waals surface area contributed by atoms with Crippen LogP contribution < -0.4 is 0 Å². The van der Waals surface area contributed by atoms with E-state index < -0.39 is 5.97 Å². The number of rotatable bonds is 6. The average molecular weight is 329 g/mol. The summed E-state index contributed by atoms with van der Waals surface area (Å²) in [6, 6.07) is 8.38. The molecule has 0 spiro atoms. The molecule has 1 amide bonds. The van der Waals surface area contributed by atoms with Gasteiger partial charge in [-0.3, -0.25) is 9.59 Å². The Morgan fingerprint density at radius 3 is 2.42 bits per heavy atom. The van der Waals surface area contributed by atoms with Crippen molar-refractivity contribution >= 4 is 11.9 Å². The number of aryl methyl sites for hydroxylation is 1. The molecule has 2 fully saturated rings. The van der Waals surface area contributed by atoms with E-state index >= 15 is 0 Å². The third-order valence-electron chi connectivity index (χ3n) is 5.73. The molecule has 24 heavy (non-hydrogen) atoms. The molecule has 4 nitrogen and oxygen atoms in total. The van der Waals surface area contributed by atoms with E-state index in [4.69, 9.17) is 0 Å². The zero-order valence-corrected chi connectivity index (χ0v) is 14.6. The van der Waals surface area contributed by atoms with Crippen molar-refractivity contribution in [2.24, 2.45) is 17.8 Å². The minimum absolute atomic E-state index is 0.108. The normalized spacial score (nSPS) is 24.8. The largest absolute Gasteiger partial charge is 0.481 e. The first kappa shape index (κ1) is 17.0. The van der Waals surface area contributed by atoms with Gasteiger partial charge in [-0.2, -0.15) is 0 Å². The molecule has 3 rings (SSSR count).